The van der Waals surface area contributed by atoms with Gasteiger partial charge in [-0.2, -0.15) is 0 Å². The van der Waals surface area contributed by atoms with Gasteiger partial charge in [-0.15, -0.1) is 0 Å². The van der Waals surface area contributed by atoms with Crippen molar-refractivity contribution >= 4 is 11.9 Å². The Kier molecular flexibility index (Phi) is 3.82. The van der Waals surface area contributed by atoms with Crippen LogP contribution in [0.25, 0.3) is 0 Å². The number of benzene rings is 1. The number of carbonyl (C=O) groups is 2. The SMILES string of the molecule is O=C(O)COc1cccc(C(=O)NCC2CC2)c1. The number of ether oxygens (including phenoxy) is 1. The van der Waals surface area contributed by atoms with Crippen LogP contribution in [-0.4, -0.2) is 30.1 Å². The van der Waals surface area contributed by atoms with Crippen molar-refractivity contribution in [3.63, 3.8) is 0 Å². The van der Waals surface area contributed by atoms with Gasteiger partial charge in [0.05, 0.1) is 0 Å². The maximum Gasteiger partial charge on any atom is 0.341 e. The molecule has 2 N–H and O–H groups in total. The molecule has 2 rings (SSSR count). The molecule has 0 aliphatic heterocycles. The summed E-state index contributed by atoms with van der Waals surface area (Å²) in [5.41, 5.74) is 0.485. The first-order valence-electron chi connectivity index (χ1n) is 5.88. The van der Waals surface area contributed by atoms with Crippen molar-refractivity contribution in [3.05, 3.63) is 29.8 Å². The van der Waals surface area contributed by atoms with Gasteiger partial charge in [0.2, 0.25) is 0 Å². The van der Waals surface area contributed by atoms with Crippen LogP contribution in [0.15, 0.2) is 24.3 Å². The third-order valence-electron chi connectivity index (χ3n) is 2.71. The number of hydrogen-bond acceptors (Lipinski definition) is 3. The molecule has 1 aliphatic rings. The summed E-state index contributed by atoms with van der Waals surface area (Å²) < 4.78 is 5.02. The number of carbonyl (C=O) groups excluding carboxylic acids is 1. The third kappa shape index (κ3) is 3.76. The first kappa shape index (κ1) is 12.4. The zero-order valence-corrected chi connectivity index (χ0v) is 9.89. The van der Waals surface area contributed by atoms with Crippen molar-refractivity contribution in [3.8, 4) is 5.75 Å². The highest BCUT2D eigenvalue weighted by atomic mass is 16.5. The van der Waals surface area contributed by atoms with Crippen LogP contribution in [0.3, 0.4) is 0 Å². The first-order chi connectivity index (χ1) is 8.65. The number of nitrogens with one attached hydrogen (secondary N) is 1. The largest absolute Gasteiger partial charge is 0.482 e. The van der Waals surface area contributed by atoms with E-state index in [-0.39, 0.29) is 5.91 Å². The van der Waals surface area contributed by atoms with Crippen LogP contribution in [-0.2, 0) is 4.79 Å². The normalized spacial score (nSPS) is 14.0. The van der Waals surface area contributed by atoms with E-state index in [9.17, 15) is 9.59 Å². The molecule has 96 valence electrons. The first-order valence-corrected chi connectivity index (χ1v) is 5.88. The molecular weight excluding hydrogens is 234 g/mol. The lowest BCUT2D eigenvalue weighted by Crippen LogP contribution is -2.25. The molecule has 0 radical (unpaired) electrons. The van der Waals surface area contributed by atoms with Gasteiger partial charge in [0.25, 0.3) is 5.91 Å². The van der Waals surface area contributed by atoms with E-state index >= 15 is 0 Å². The van der Waals surface area contributed by atoms with Gasteiger partial charge in [0, 0.05) is 12.1 Å². The summed E-state index contributed by atoms with van der Waals surface area (Å²) in [6.07, 6.45) is 2.37. The van der Waals surface area contributed by atoms with E-state index in [0.29, 0.717) is 23.8 Å². The Labute approximate surface area is 105 Å². The maximum atomic E-state index is 11.8. The third-order valence-corrected chi connectivity index (χ3v) is 2.71. The molecule has 18 heavy (non-hydrogen) atoms. The predicted molar refractivity (Wildman–Crippen MR) is 64.6 cm³/mol. The van der Waals surface area contributed by atoms with Gasteiger partial charge in [-0.1, -0.05) is 6.07 Å². The van der Waals surface area contributed by atoms with Crippen LogP contribution in [0.5, 0.6) is 5.75 Å². The molecule has 1 saturated carbocycles. The lowest BCUT2D eigenvalue weighted by atomic mass is 10.2. The van der Waals surface area contributed by atoms with E-state index in [2.05, 4.69) is 5.32 Å². The van der Waals surface area contributed by atoms with Crippen molar-refractivity contribution < 1.29 is 19.4 Å². The summed E-state index contributed by atoms with van der Waals surface area (Å²) in [7, 11) is 0. The summed E-state index contributed by atoms with van der Waals surface area (Å²) in [5.74, 6) is -0.182. The number of hydrogen-bond donors (Lipinski definition) is 2. The van der Waals surface area contributed by atoms with Crippen LogP contribution in [0.1, 0.15) is 23.2 Å². The van der Waals surface area contributed by atoms with Gasteiger partial charge in [0.15, 0.2) is 6.61 Å². The monoisotopic (exact) mass is 249 g/mol. The standard InChI is InChI=1S/C13H15NO4/c15-12(16)8-18-11-3-1-2-10(6-11)13(17)14-7-9-4-5-9/h1-3,6,9H,4-5,7-8H2,(H,14,17)(H,15,16). The van der Waals surface area contributed by atoms with Crippen molar-refractivity contribution in [2.24, 2.45) is 5.92 Å². The second-order valence-electron chi connectivity index (χ2n) is 4.36. The molecule has 1 amide bonds. The van der Waals surface area contributed by atoms with E-state index in [0.717, 1.165) is 0 Å². The Balaban J connectivity index is 1.92. The van der Waals surface area contributed by atoms with Crippen molar-refractivity contribution in [2.45, 2.75) is 12.8 Å². The minimum absolute atomic E-state index is 0.150. The molecule has 0 bridgehead atoms. The Morgan fingerprint density at radius 2 is 2.17 bits per heavy atom. The van der Waals surface area contributed by atoms with Crippen LogP contribution in [0, 0.1) is 5.92 Å². The molecular formula is C13H15NO4. The molecule has 0 heterocycles. The fraction of sp³-hybridized carbons (Fsp3) is 0.385. The van der Waals surface area contributed by atoms with Crippen LogP contribution in [0.4, 0.5) is 0 Å². The lowest BCUT2D eigenvalue weighted by Gasteiger charge is -2.07. The molecule has 5 heteroatoms. The van der Waals surface area contributed by atoms with Gasteiger partial charge in [-0.3, -0.25) is 4.79 Å². The average molecular weight is 249 g/mol. The fourth-order valence-corrected chi connectivity index (χ4v) is 1.53. The summed E-state index contributed by atoms with van der Waals surface area (Å²) in [5, 5.41) is 11.3. The summed E-state index contributed by atoms with van der Waals surface area (Å²) in [6, 6.07) is 6.52. The Morgan fingerprint density at radius 1 is 1.39 bits per heavy atom. The highest BCUT2D eigenvalue weighted by Crippen LogP contribution is 2.27. The van der Waals surface area contributed by atoms with Crippen LogP contribution in [0.2, 0.25) is 0 Å². The second-order valence-corrected chi connectivity index (χ2v) is 4.36. The summed E-state index contributed by atoms with van der Waals surface area (Å²) in [6.45, 7) is 0.298. The second kappa shape index (κ2) is 5.53. The van der Waals surface area contributed by atoms with Gasteiger partial charge in [0.1, 0.15) is 5.75 Å². The van der Waals surface area contributed by atoms with Gasteiger partial charge >= 0.3 is 5.97 Å². The van der Waals surface area contributed by atoms with E-state index in [4.69, 9.17) is 9.84 Å². The Bertz CT molecular complexity index is 454. The highest BCUT2D eigenvalue weighted by molar-refractivity contribution is 5.94. The molecule has 1 aromatic carbocycles. The fourth-order valence-electron chi connectivity index (χ4n) is 1.53. The zero-order valence-electron chi connectivity index (χ0n) is 9.89. The molecule has 0 unspecified atom stereocenters. The number of amides is 1. The quantitative estimate of drug-likeness (QED) is 0.796. The van der Waals surface area contributed by atoms with Gasteiger partial charge in [-0.25, -0.2) is 4.79 Å². The van der Waals surface area contributed by atoms with E-state index in [1.165, 1.54) is 12.8 Å². The minimum atomic E-state index is -1.04. The molecule has 1 aromatic rings. The van der Waals surface area contributed by atoms with Crippen LogP contribution < -0.4 is 10.1 Å². The zero-order chi connectivity index (χ0) is 13.0. The van der Waals surface area contributed by atoms with Crippen LogP contribution >= 0.6 is 0 Å². The van der Waals surface area contributed by atoms with Crippen molar-refractivity contribution in [1.29, 1.82) is 0 Å². The topological polar surface area (TPSA) is 75.6 Å². The molecule has 0 atom stereocenters. The van der Waals surface area contributed by atoms with Crippen molar-refractivity contribution in [1.82, 2.24) is 5.32 Å². The molecule has 5 nitrogen and oxygen atoms in total. The highest BCUT2D eigenvalue weighted by Gasteiger charge is 2.21. The molecule has 0 saturated heterocycles. The summed E-state index contributed by atoms with van der Waals surface area (Å²) in [4.78, 5) is 22.2. The van der Waals surface area contributed by atoms with Gasteiger partial charge < -0.3 is 15.2 Å². The number of carboxylic acid groups (broad SMARTS) is 1. The number of carboxylic acids is 1. The smallest absolute Gasteiger partial charge is 0.341 e. The maximum absolute atomic E-state index is 11.8. The number of rotatable bonds is 6. The molecule has 1 aliphatic carbocycles. The molecule has 0 spiro atoms. The lowest BCUT2D eigenvalue weighted by molar-refractivity contribution is -0.139. The molecule has 0 aromatic heterocycles. The van der Waals surface area contributed by atoms with E-state index in [1.807, 2.05) is 0 Å². The average Bonchev–Trinajstić information content (AvgIpc) is 3.18. The summed E-state index contributed by atoms with van der Waals surface area (Å²) >= 11 is 0. The van der Waals surface area contributed by atoms with E-state index in [1.54, 1.807) is 24.3 Å². The Hall–Kier alpha value is -2.04. The van der Waals surface area contributed by atoms with Crippen molar-refractivity contribution in [2.75, 3.05) is 13.2 Å². The predicted octanol–water partition coefficient (Wildman–Crippen LogP) is 1.29. The van der Waals surface area contributed by atoms with Gasteiger partial charge in [-0.05, 0) is 37.0 Å². The van der Waals surface area contributed by atoms with E-state index < -0.39 is 12.6 Å². The number of aliphatic carboxylic acids is 1. The molecule has 1 fully saturated rings. The minimum Gasteiger partial charge on any atom is -0.482 e. The Morgan fingerprint density at radius 3 is 2.83 bits per heavy atom.